The summed E-state index contributed by atoms with van der Waals surface area (Å²) in [5.74, 6) is -2.34. The fourth-order valence-electron chi connectivity index (χ4n) is 1.67. The van der Waals surface area contributed by atoms with E-state index in [0.717, 1.165) is 5.56 Å². The predicted molar refractivity (Wildman–Crippen MR) is 59.3 cm³/mol. The maximum Gasteiger partial charge on any atom is 0.312 e. The van der Waals surface area contributed by atoms with Gasteiger partial charge in [-0.15, -0.1) is 0 Å². The number of nitrogens with two attached hydrogens (primary N) is 1. The molecule has 0 aliphatic heterocycles. The third kappa shape index (κ3) is 3.28. The van der Waals surface area contributed by atoms with Gasteiger partial charge >= 0.3 is 6.03 Å². The molecule has 3 N–H and O–H groups in total. The number of amides is 2. The average molecular weight is 257 g/mol. The lowest BCUT2D eigenvalue weighted by Gasteiger charge is -2.34. The molecule has 1 fully saturated rings. The molecule has 1 heterocycles. The van der Waals surface area contributed by atoms with Crippen molar-refractivity contribution >= 4 is 6.03 Å². The van der Waals surface area contributed by atoms with Crippen molar-refractivity contribution in [3.63, 3.8) is 0 Å². The molecule has 0 spiro atoms. The molecule has 7 heteroatoms. The number of pyridine rings is 1. The summed E-state index contributed by atoms with van der Waals surface area (Å²) in [6.07, 6.45) is 0.438. The Bertz CT molecular complexity index is 446. The molecule has 1 saturated carbocycles. The Kier molecular flexibility index (Phi) is 3.31. The first-order valence-corrected chi connectivity index (χ1v) is 5.47. The third-order valence-electron chi connectivity index (χ3n) is 2.61. The second-order valence-electron chi connectivity index (χ2n) is 4.22. The molecule has 1 aromatic heterocycles. The number of ether oxygens (including phenoxy) is 1. The van der Waals surface area contributed by atoms with Crippen LogP contribution in [-0.2, 0) is 6.54 Å². The minimum atomic E-state index is -2.62. The number of primary amides is 1. The highest BCUT2D eigenvalue weighted by atomic mass is 19.3. The molecule has 1 aromatic rings. The van der Waals surface area contributed by atoms with Crippen LogP contribution in [0.1, 0.15) is 18.4 Å². The molecule has 1 aliphatic carbocycles. The molecule has 2 amide bonds. The van der Waals surface area contributed by atoms with E-state index in [0.29, 0.717) is 0 Å². The van der Waals surface area contributed by atoms with Gasteiger partial charge in [0.05, 0.1) is 0 Å². The van der Waals surface area contributed by atoms with Crippen LogP contribution >= 0.6 is 0 Å². The number of hydrogen-bond acceptors (Lipinski definition) is 3. The highest BCUT2D eigenvalue weighted by Crippen LogP contribution is 2.39. The minimum Gasteiger partial charge on any atom is -0.474 e. The number of nitrogens with zero attached hydrogens (tertiary/aromatic N) is 1. The summed E-state index contributed by atoms with van der Waals surface area (Å²) in [5.41, 5.74) is 5.68. The van der Waals surface area contributed by atoms with Crippen molar-refractivity contribution in [1.29, 1.82) is 0 Å². The first-order chi connectivity index (χ1) is 8.44. The predicted octanol–water partition coefficient (Wildman–Crippen LogP) is 1.43. The SMILES string of the molecule is NC(=O)NCc1ccnc(OC2CC(F)(F)C2)c1. The highest BCUT2D eigenvalue weighted by Gasteiger charge is 2.47. The standard InChI is InChI=1S/C11H13F2N3O2/c12-11(13)4-8(5-11)18-9-3-7(1-2-15-9)6-16-10(14)17/h1-3,8H,4-6H2,(H3,14,16,17). The summed E-state index contributed by atoms with van der Waals surface area (Å²) in [7, 11) is 0. The van der Waals surface area contributed by atoms with Gasteiger partial charge in [-0.25, -0.2) is 18.6 Å². The van der Waals surface area contributed by atoms with E-state index in [1.165, 1.54) is 6.20 Å². The number of carbonyl (C=O) groups excluding carboxylic acids is 1. The Balaban J connectivity index is 1.89. The molecule has 0 aromatic carbocycles. The van der Waals surface area contributed by atoms with Crippen molar-refractivity contribution in [3.8, 4) is 5.88 Å². The van der Waals surface area contributed by atoms with Crippen LogP contribution in [0.25, 0.3) is 0 Å². The van der Waals surface area contributed by atoms with E-state index in [-0.39, 0.29) is 25.3 Å². The number of rotatable bonds is 4. The maximum atomic E-state index is 12.6. The number of halogens is 2. The molecule has 0 bridgehead atoms. The largest absolute Gasteiger partial charge is 0.474 e. The second-order valence-corrected chi connectivity index (χ2v) is 4.22. The molecule has 0 saturated heterocycles. The summed E-state index contributed by atoms with van der Waals surface area (Å²) < 4.78 is 30.5. The quantitative estimate of drug-likeness (QED) is 0.856. The van der Waals surface area contributed by atoms with Crippen molar-refractivity contribution < 1.29 is 18.3 Å². The Hall–Kier alpha value is -1.92. The molecule has 1 aliphatic rings. The average Bonchev–Trinajstić information content (AvgIpc) is 2.24. The lowest BCUT2D eigenvalue weighted by Crippen LogP contribution is -2.43. The van der Waals surface area contributed by atoms with Gasteiger partial charge in [0, 0.05) is 31.6 Å². The zero-order valence-corrected chi connectivity index (χ0v) is 9.53. The topological polar surface area (TPSA) is 77.2 Å². The molecular formula is C11H13F2N3O2. The van der Waals surface area contributed by atoms with Gasteiger partial charge < -0.3 is 15.8 Å². The van der Waals surface area contributed by atoms with Crippen LogP contribution in [0.5, 0.6) is 5.88 Å². The zero-order valence-electron chi connectivity index (χ0n) is 9.53. The van der Waals surface area contributed by atoms with Crippen LogP contribution in [0.2, 0.25) is 0 Å². The first-order valence-electron chi connectivity index (χ1n) is 5.47. The Labute approximate surface area is 102 Å². The molecule has 0 unspecified atom stereocenters. The van der Waals surface area contributed by atoms with E-state index in [4.69, 9.17) is 10.5 Å². The fourth-order valence-corrected chi connectivity index (χ4v) is 1.67. The van der Waals surface area contributed by atoms with E-state index < -0.39 is 18.1 Å². The van der Waals surface area contributed by atoms with Crippen molar-refractivity contribution in [2.45, 2.75) is 31.4 Å². The highest BCUT2D eigenvalue weighted by molar-refractivity contribution is 5.71. The van der Waals surface area contributed by atoms with Crippen molar-refractivity contribution in [1.82, 2.24) is 10.3 Å². The zero-order chi connectivity index (χ0) is 13.2. The van der Waals surface area contributed by atoms with Crippen LogP contribution in [0.4, 0.5) is 13.6 Å². The second kappa shape index (κ2) is 4.75. The van der Waals surface area contributed by atoms with Gasteiger partial charge in [-0.05, 0) is 11.6 Å². The number of carbonyl (C=O) groups is 1. The van der Waals surface area contributed by atoms with Gasteiger partial charge in [-0.3, -0.25) is 0 Å². The molecule has 0 radical (unpaired) electrons. The number of alkyl halides is 2. The van der Waals surface area contributed by atoms with Crippen LogP contribution < -0.4 is 15.8 Å². The van der Waals surface area contributed by atoms with Gasteiger partial charge in [0.15, 0.2) is 0 Å². The van der Waals surface area contributed by atoms with Crippen LogP contribution in [-0.4, -0.2) is 23.0 Å². The Morgan fingerprint density at radius 2 is 2.33 bits per heavy atom. The number of hydrogen-bond donors (Lipinski definition) is 2. The number of aromatic nitrogens is 1. The lowest BCUT2D eigenvalue weighted by molar-refractivity contribution is -0.135. The van der Waals surface area contributed by atoms with Gasteiger partial charge in [0.2, 0.25) is 5.88 Å². The first kappa shape index (κ1) is 12.5. The summed E-state index contributed by atoms with van der Waals surface area (Å²) in [6.45, 7) is 0.245. The minimum absolute atomic E-state index is 0.245. The Morgan fingerprint density at radius 3 is 2.94 bits per heavy atom. The molecule has 18 heavy (non-hydrogen) atoms. The normalized spacial score (nSPS) is 17.9. The molecule has 98 valence electrons. The van der Waals surface area contributed by atoms with Gasteiger partial charge in [-0.2, -0.15) is 0 Å². The van der Waals surface area contributed by atoms with Crippen molar-refractivity contribution in [3.05, 3.63) is 23.9 Å². The molecule has 2 rings (SSSR count). The van der Waals surface area contributed by atoms with E-state index in [9.17, 15) is 13.6 Å². The smallest absolute Gasteiger partial charge is 0.312 e. The fraction of sp³-hybridized carbons (Fsp3) is 0.455. The van der Waals surface area contributed by atoms with Crippen molar-refractivity contribution in [2.24, 2.45) is 5.73 Å². The summed E-state index contributed by atoms with van der Waals surface area (Å²) in [5, 5.41) is 2.42. The van der Waals surface area contributed by atoms with Crippen LogP contribution in [0.3, 0.4) is 0 Å². The third-order valence-corrected chi connectivity index (χ3v) is 2.61. The lowest BCUT2D eigenvalue weighted by atomic mass is 9.91. The monoisotopic (exact) mass is 257 g/mol. The molecule has 5 nitrogen and oxygen atoms in total. The van der Waals surface area contributed by atoms with Crippen LogP contribution in [0, 0.1) is 0 Å². The number of urea groups is 1. The van der Waals surface area contributed by atoms with E-state index >= 15 is 0 Å². The van der Waals surface area contributed by atoms with Gasteiger partial charge in [0.25, 0.3) is 5.92 Å². The van der Waals surface area contributed by atoms with E-state index in [1.54, 1.807) is 12.1 Å². The summed E-state index contributed by atoms with van der Waals surface area (Å²) in [4.78, 5) is 14.5. The van der Waals surface area contributed by atoms with E-state index in [2.05, 4.69) is 10.3 Å². The molecular weight excluding hydrogens is 244 g/mol. The van der Waals surface area contributed by atoms with Gasteiger partial charge in [0.1, 0.15) is 6.10 Å². The summed E-state index contributed by atoms with van der Waals surface area (Å²) in [6, 6.07) is 2.64. The maximum absolute atomic E-state index is 12.6. The molecule has 0 atom stereocenters. The van der Waals surface area contributed by atoms with Crippen LogP contribution in [0.15, 0.2) is 18.3 Å². The summed E-state index contributed by atoms with van der Waals surface area (Å²) >= 11 is 0. The Morgan fingerprint density at radius 1 is 1.61 bits per heavy atom. The van der Waals surface area contributed by atoms with E-state index in [1.807, 2.05) is 0 Å². The van der Waals surface area contributed by atoms with Gasteiger partial charge in [-0.1, -0.05) is 0 Å². The van der Waals surface area contributed by atoms with Crippen molar-refractivity contribution in [2.75, 3.05) is 0 Å². The number of nitrogens with one attached hydrogen (secondary N) is 1.